The third-order valence-electron chi connectivity index (χ3n) is 0. The maximum absolute atomic E-state index is 8.78. The molecule has 15 N–H and O–H groups in total. The van der Waals surface area contributed by atoms with Crippen molar-refractivity contribution in [1.82, 2.24) is 18.5 Å². The zero-order valence-corrected chi connectivity index (χ0v) is 5.99. The second-order valence-electron chi connectivity index (χ2n) is 0.676. The van der Waals surface area contributed by atoms with Crippen molar-refractivity contribution >= 4 is 12.2 Å². The molecule has 0 aromatic rings. The van der Waals surface area contributed by atoms with Crippen LogP contribution in [0.15, 0.2) is 0 Å². The molecule has 0 bridgehead atoms. The van der Waals surface area contributed by atoms with E-state index < -0.39 is 12.2 Å². The van der Waals surface area contributed by atoms with Gasteiger partial charge < -0.3 is 40.1 Å². The molecule has 9 nitrogen and oxygen atoms in total. The highest BCUT2D eigenvalue weighted by atomic mass is 16.4. The number of carbonyl (C=O) groups is 2. The first-order valence-electron chi connectivity index (χ1n) is 1.43. The Labute approximate surface area is 63.1 Å². The van der Waals surface area contributed by atoms with E-state index in [2.05, 4.69) is 11.5 Å². The van der Waals surface area contributed by atoms with Gasteiger partial charge in [0.15, 0.2) is 0 Å². The molecule has 0 aromatic carbocycles. The van der Waals surface area contributed by atoms with E-state index in [1.165, 1.54) is 0 Å². The van der Waals surface area contributed by atoms with Gasteiger partial charge in [-0.15, -0.1) is 0 Å². The van der Waals surface area contributed by atoms with Gasteiger partial charge in [0.1, 0.15) is 0 Å². The van der Waals surface area contributed by atoms with Crippen LogP contribution in [0, 0.1) is 0 Å². The predicted octanol–water partition coefficient (Wildman–Crippen LogP) is -0.268. The summed E-state index contributed by atoms with van der Waals surface area (Å²) >= 11 is 0. The van der Waals surface area contributed by atoms with Gasteiger partial charge in [0.05, 0.1) is 0 Å². The van der Waals surface area contributed by atoms with Crippen LogP contribution in [0.25, 0.3) is 0 Å². The lowest BCUT2D eigenvalue weighted by molar-refractivity contribution is 0.204. The van der Waals surface area contributed by atoms with Crippen molar-refractivity contribution in [1.29, 1.82) is 0 Å². The van der Waals surface area contributed by atoms with Crippen molar-refractivity contribution in [3.63, 3.8) is 0 Å². The number of primary amides is 2. The molecule has 0 aromatic heterocycles. The van der Waals surface area contributed by atoms with Crippen LogP contribution in [-0.2, 0) is 0 Å². The van der Waals surface area contributed by atoms with E-state index in [0.717, 1.165) is 0 Å². The molecule has 0 aliphatic heterocycles. The van der Waals surface area contributed by atoms with Gasteiger partial charge in [0, 0.05) is 0 Å². The molecule has 0 radical (unpaired) electrons. The number of hydrogen-bond donors (Lipinski definition) is 7. The summed E-state index contributed by atoms with van der Waals surface area (Å²) in [4.78, 5) is 17.6. The molecule has 0 unspecified atom stereocenters. The van der Waals surface area contributed by atoms with Gasteiger partial charge in [0.2, 0.25) is 0 Å². The van der Waals surface area contributed by atoms with E-state index in [1.807, 2.05) is 0 Å². The first-order valence-corrected chi connectivity index (χ1v) is 1.43. The number of nitrogens with two attached hydrogens (primary N) is 2. The van der Waals surface area contributed by atoms with Gasteiger partial charge in [-0.3, -0.25) is 0 Å². The fourth-order valence-corrected chi connectivity index (χ4v) is 0. The highest BCUT2D eigenvalue weighted by Crippen LogP contribution is 1.35. The minimum Gasteiger partial charge on any atom is -0.465 e. The smallest absolute Gasteiger partial charge is 0.402 e. The van der Waals surface area contributed by atoms with E-state index in [1.54, 1.807) is 0 Å². The molecule has 2 amide bonds. The largest absolute Gasteiger partial charge is 0.465 e. The molecule has 9 heteroatoms. The maximum atomic E-state index is 8.78. The Morgan fingerprint density at radius 3 is 0.818 bits per heavy atom. The molecule has 0 atom stereocenters. The molecule has 0 fully saturated rings. The first kappa shape index (κ1) is 34.2. The van der Waals surface area contributed by atoms with Gasteiger partial charge in [-0.2, -0.15) is 0 Å². The SMILES string of the molecule is N.N.N.NC(=O)O.NC(=O)O. The van der Waals surface area contributed by atoms with Crippen LogP contribution in [-0.4, -0.2) is 22.4 Å². The highest BCUT2D eigenvalue weighted by Gasteiger charge is 1.65. The average molecular weight is 173 g/mol. The molecular formula is C2H15N5O4. The van der Waals surface area contributed by atoms with Crippen molar-refractivity contribution in [2.75, 3.05) is 0 Å². The van der Waals surface area contributed by atoms with Crippen molar-refractivity contribution in [3.05, 3.63) is 0 Å². The molecule has 0 saturated heterocycles. The lowest BCUT2D eigenvalue weighted by atomic mass is 11.3. The lowest BCUT2D eigenvalue weighted by Gasteiger charge is -1.61. The average Bonchev–Trinajstić information content (AvgIpc) is 1.25. The van der Waals surface area contributed by atoms with Crippen molar-refractivity contribution < 1.29 is 19.8 Å². The summed E-state index contributed by atoms with van der Waals surface area (Å²) in [6.07, 6.45) is -2.67. The van der Waals surface area contributed by atoms with Crippen LogP contribution >= 0.6 is 0 Å². The number of amides is 2. The number of hydrogen-bond acceptors (Lipinski definition) is 5. The zero-order valence-electron chi connectivity index (χ0n) is 5.99. The Hall–Kier alpha value is -1.58. The highest BCUT2D eigenvalue weighted by molar-refractivity contribution is 5.61. The Morgan fingerprint density at radius 1 is 0.818 bits per heavy atom. The van der Waals surface area contributed by atoms with Crippen LogP contribution in [0.4, 0.5) is 9.59 Å². The van der Waals surface area contributed by atoms with Gasteiger partial charge in [-0.1, -0.05) is 0 Å². The molecule has 72 valence electrons. The fraction of sp³-hybridized carbons (Fsp3) is 0. The molecule has 11 heavy (non-hydrogen) atoms. The fourth-order valence-electron chi connectivity index (χ4n) is 0. The minimum atomic E-state index is -1.33. The van der Waals surface area contributed by atoms with E-state index >= 15 is 0 Å². The second kappa shape index (κ2) is 23.7. The summed E-state index contributed by atoms with van der Waals surface area (Å²) in [5, 5.41) is 14.4. The Balaban J connectivity index is -0.0000000171. The van der Waals surface area contributed by atoms with E-state index in [0.29, 0.717) is 0 Å². The zero-order chi connectivity index (χ0) is 7.15. The van der Waals surface area contributed by atoms with Gasteiger partial charge in [-0.25, -0.2) is 9.59 Å². The summed E-state index contributed by atoms with van der Waals surface area (Å²) in [5.41, 5.74) is 8.06. The van der Waals surface area contributed by atoms with Crippen LogP contribution < -0.4 is 29.9 Å². The van der Waals surface area contributed by atoms with E-state index in [9.17, 15) is 0 Å². The van der Waals surface area contributed by atoms with Crippen molar-refractivity contribution in [2.45, 2.75) is 0 Å². The summed E-state index contributed by atoms with van der Waals surface area (Å²) in [6.45, 7) is 0. The van der Waals surface area contributed by atoms with Crippen molar-refractivity contribution in [3.8, 4) is 0 Å². The summed E-state index contributed by atoms with van der Waals surface area (Å²) < 4.78 is 0. The summed E-state index contributed by atoms with van der Waals surface area (Å²) in [5.74, 6) is 0. The van der Waals surface area contributed by atoms with Crippen LogP contribution in [0.1, 0.15) is 0 Å². The van der Waals surface area contributed by atoms with Crippen LogP contribution in [0.3, 0.4) is 0 Å². The molecule has 0 saturated carbocycles. The Morgan fingerprint density at radius 2 is 0.818 bits per heavy atom. The monoisotopic (exact) mass is 173 g/mol. The first-order chi connectivity index (χ1) is 3.46. The standard InChI is InChI=1S/2CH3NO2.3H3N/c2*2-1(3)4;;;/h2*2H2,(H,3,4);3*1H3. The van der Waals surface area contributed by atoms with Crippen LogP contribution in [0.5, 0.6) is 0 Å². The maximum Gasteiger partial charge on any atom is 0.402 e. The molecule has 0 spiro atoms. The second-order valence-corrected chi connectivity index (χ2v) is 0.676. The summed E-state index contributed by atoms with van der Waals surface area (Å²) in [6, 6.07) is 0. The number of carboxylic acid groups (broad SMARTS) is 2. The molecule has 0 aliphatic rings. The predicted molar refractivity (Wildman–Crippen MR) is 39.5 cm³/mol. The quantitative estimate of drug-likeness (QED) is 0.258. The lowest BCUT2D eigenvalue weighted by Crippen LogP contribution is -2.03. The minimum absolute atomic E-state index is 0. The van der Waals surface area contributed by atoms with Gasteiger partial charge in [-0.05, 0) is 0 Å². The normalized spacial score (nSPS) is 4.36. The third-order valence-corrected chi connectivity index (χ3v) is 0. The van der Waals surface area contributed by atoms with Crippen molar-refractivity contribution in [2.24, 2.45) is 11.5 Å². The molecule has 0 heterocycles. The molecule has 0 rings (SSSR count). The van der Waals surface area contributed by atoms with Gasteiger partial charge >= 0.3 is 12.2 Å². The molecule has 0 aliphatic carbocycles. The Bertz CT molecular complexity index is 74.5. The van der Waals surface area contributed by atoms with Gasteiger partial charge in [0.25, 0.3) is 0 Å². The van der Waals surface area contributed by atoms with E-state index in [4.69, 9.17) is 19.8 Å². The Kier molecular flexibility index (Phi) is 73.7. The topological polar surface area (TPSA) is 232 Å². The summed E-state index contributed by atoms with van der Waals surface area (Å²) in [7, 11) is 0. The third kappa shape index (κ3) is 139. The van der Waals surface area contributed by atoms with E-state index in [-0.39, 0.29) is 18.5 Å². The molecular weight excluding hydrogens is 158 g/mol. The van der Waals surface area contributed by atoms with Crippen LogP contribution in [0.2, 0.25) is 0 Å². The number of rotatable bonds is 0.